The lowest BCUT2D eigenvalue weighted by Crippen LogP contribution is -2.45. The third-order valence-electron chi connectivity index (χ3n) is 5.83. The van der Waals surface area contributed by atoms with Gasteiger partial charge in [-0.2, -0.15) is 0 Å². The van der Waals surface area contributed by atoms with Gasteiger partial charge >= 0.3 is 0 Å². The Morgan fingerprint density at radius 3 is 2.47 bits per heavy atom. The molecular weight excluding hydrogens is 500 g/mol. The van der Waals surface area contributed by atoms with Gasteiger partial charge in [0, 0.05) is 17.0 Å². The number of nitrogens with one attached hydrogen (secondary N) is 1. The van der Waals surface area contributed by atoms with Crippen LogP contribution in [0, 0.1) is 0 Å². The average molecular weight is 529 g/mol. The van der Waals surface area contributed by atoms with E-state index in [0.717, 1.165) is 9.87 Å². The van der Waals surface area contributed by atoms with Crippen molar-refractivity contribution in [2.45, 2.75) is 43.7 Å². The maximum Gasteiger partial charge on any atom is 0.264 e. The summed E-state index contributed by atoms with van der Waals surface area (Å²) in [6.45, 7) is 5.63. The van der Waals surface area contributed by atoms with E-state index in [1.165, 1.54) is 24.3 Å². The number of carbonyl (C=O) groups is 1. The molecule has 0 aromatic heterocycles. The second-order valence-corrected chi connectivity index (χ2v) is 11.4. The summed E-state index contributed by atoms with van der Waals surface area (Å²) in [5.41, 5.74) is 0.632. The van der Waals surface area contributed by atoms with Gasteiger partial charge in [0.05, 0.1) is 23.2 Å². The summed E-state index contributed by atoms with van der Waals surface area (Å²) in [6, 6.07) is 19.8. The molecule has 190 valence electrons. The Bertz CT molecular complexity index is 1340. The van der Waals surface area contributed by atoms with Crippen LogP contribution in [0.2, 0.25) is 5.02 Å². The Balaban J connectivity index is 1.68. The summed E-state index contributed by atoms with van der Waals surface area (Å²) >= 11 is 5.98. The van der Waals surface area contributed by atoms with E-state index in [9.17, 15) is 13.2 Å². The largest absolute Gasteiger partial charge is 0.492 e. The van der Waals surface area contributed by atoms with Crippen molar-refractivity contribution >= 4 is 33.2 Å². The highest BCUT2D eigenvalue weighted by Gasteiger charge is 2.36. The Kier molecular flexibility index (Phi) is 7.47. The molecule has 1 N–H and O–H groups in total. The minimum Gasteiger partial charge on any atom is -0.492 e. The van der Waals surface area contributed by atoms with Crippen LogP contribution < -0.4 is 19.1 Å². The minimum absolute atomic E-state index is 0.0172. The fraction of sp³-hybridized carbons (Fsp3) is 0.296. The van der Waals surface area contributed by atoms with E-state index in [1.807, 2.05) is 45.0 Å². The molecular formula is C27H29ClN2O5S. The molecule has 1 amide bonds. The molecule has 9 heteroatoms. The lowest BCUT2D eigenvalue weighted by atomic mass is 9.89. The highest BCUT2D eigenvalue weighted by atomic mass is 35.5. The van der Waals surface area contributed by atoms with Crippen molar-refractivity contribution in [3.05, 3.63) is 83.4 Å². The van der Waals surface area contributed by atoms with Gasteiger partial charge in [0.25, 0.3) is 10.0 Å². The number of amides is 1. The number of hydrogen-bond donors (Lipinski definition) is 1. The highest BCUT2D eigenvalue weighted by Crippen LogP contribution is 2.39. The predicted octanol–water partition coefficient (Wildman–Crippen LogP) is 5.35. The molecule has 0 fully saturated rings. The van der Waals surface area contributed by atoms with Gasteiger partial charge in [-0.15, -0.1) is 0 Å². The van der Waals surface area contributed by atoms with Gasteiger partial charge in [0.15, 0.2) is 0 Å². The van der Waals surface area contributed by atoms with Crippen LogP contribution in [0.1, 0.15) is 38.8 Å². The third-order valence-corrected chi connectivity index (χ3v) is 7.86. The van der Waals surface area contributed by atoms with Gasteiger partial charge in [-0.25, -0.2) is 8.42 Å². The van der Waals surface area contributed by atoms with Crippen LogP contribution in [0.15, 0.2) is 77.7 Å². The molecule has 7 nitrogen and oxygen atoms in total. The summed E-state index contributed by atoms with van der Waals surface area (Å²) < 4.78 is 40.3. The van der Waals surface area contributed by atoms with Gasteiger partial charge in [0.1, 0.15) is 23.6 Å². The molecule has 3 aromatic rings. The molecule has 1 aliphatic rings. The van der Waals surface area contributed by atoms with Crippen LogP contribution in [-0.4, -0.2) is 33.1 Å². The van der Waals surface area contributed by atoms with Crippen LogP contribution in [0.4, 0.5) is 5.69 Å². The molecule has 0 saturated heterocycles. The summed E-state index contributed by atoms with van der Waals surface area (Å²) in [6.07, 6.45) is 0.537. The molecule has 1 heterocycles. The Morgan fingerprint density at radius 2 is 1.75 bits per heavy atom. The number of carbonyl (C=O) groups excluding carboxylic acids is 1. The van der Waals surface area contributed by atoms with E-state index in [0.29, 0.717) is 29.5 Å². The van der Waals surface area contributed by atoms with E-state index in [1.54, 1.807) is 24.3 Å². The molecule has 0 aliphatic carbocycles. The van der Waals surface area contributed by atoms with E-state index < -0.39 is 28.1 Å². The van der Waals surface area contributed by atoms with Crippen LogP contribution in [0.3, 0.4) is 0 Å². The molecule has 1 atom stereocenters. The summed E-state index contributed by atoms with van der Waals surface area (Å²) in [5.74, 6) is 0.616. The van der Waals surface area contributed by atoms with E-state index in [2.05, 4.69) is 5.32 Å². The van der Waals surface area contributed by atoms with Gasteiger partial charge in [0.2, 0.25) is 5.91 Å². The topological polar surface area (TPSA) is 84.9 Å². The zero-order chi connectivity index (χ0) is 25.9. The van der Waals surface area contributed by atoms with Crippen molar-refractivity contribution < 1.29 is 22.7 Å². The number of sulfonamides is 1. The SMILES string of the molecule is CCOc1ccccc1N(CC(=O)NC1CC(C)(C)Oc2ccccc21)S(=O)(=O)c1ccc(Cl)cc1. The number of nitrogens with zero attached hydrogens (tertiary/aromatic N) is 1. The molecule has 1 aliphatic heterocycles. The van der Waals surface area contributed by atoms with E-state index >= 15 is 0 Å². The first-order valence-electron chi connectivity index (χ1n) is 11.7. The van der Waals surface area contributed by atoms with Crippen molar-refractivity contribution in [2.24, 2.45) is 0 Å². The Hall–Kier alpha value is -3.23. The standard InChI is InChI=1S/C27H29ClN2O5S/c1-4-34-25-12-8-6-10-23(25)30(36(32,33)20-15-13-19(28)14-16-20)18-26(31)29-22-17-27(2,3)35-24-11-7-5-9-21(22)24/h5-16,22H,4,17-18H2,1-3H3,(H,29,31). The van der Waals surface area contributed by atoms with Crippen LogP contribution in [-0.2, 0) is 14.8 Å². The van der Waals surface area contributed by atoms with Crippen molar-refractivity contribution in [1.29, 1.82) is 0 Å². The number of halogens is 1. The average Bonchev–Trinajstić information content (AvgIpc) is 2.83. The number of anilines is 1. The Labute approximate surface area is 217 Å². The number of fused-ring (bicyclic) bond motifs is 1. The van der Waals surface area contributed by atoms with Gasteiger partial charge in [-0.3, -0.25) is 9.10 Å². The van der Waals surface area contributed by atoms with Crippen LogP contribution in [0.5, 0.6) is 11.5 Å². The zero-order valence-electron chi connectivity index (χ0n) is 20.4. The molecule has 36 heavy (non-hydrogen) atoms. The second-order valence-electron chi connectivity index (χ2n) is 9.09. The maximum absolute atomic E-state index is 13.8. The fourth-order valence-electron chi connectivity index (χ4n) is 4.28. The molecule has 0 saturated carbocycles. The number of ether oxygens (including phenoxy) is 2. The Morgan fingerprint density at radius 1 is 1.08 bits per heavy atom. The zero-order valence-corrected chi connectivity index (χ0v) is 22.0. The third kappa shape index (κ3) is 5.60. The number of benzene rings is 3. The van der Waals surface area contributed by atoms with Gasteiger partial charge < -0.3 is 14.8 Å². The highest BCUT2D eigenvalue weighted by molar-refractivity contribution is 7.92. The number of rotatable bonds is 8. The molecule has 4 rings (SSSR count). The van der Waals surface area contributed by atoms with Crippen molar-refractivity contribution in [2.75, 3.05) is 17.5 Å². The molecule has 0 spiro atoms. The summed E-state index contributed by atoms with van der Waals surface area (Å²) in [4.78, 5) is 13.4. The first-order valence-corrected chi connectivity index (χ1v) is 13.5. The lowest BCUT2D eigenvalue weighted by molar-refractivity contribution is -0.120. The van der Waals surface area contributed by atoms with Gasteiger partial charge in [-0.1, -0.05) is 41.9 Å². The van der Waals surface area contributed by atoms with E-state index in [-0.39, 0.29) is 16.6 Å². The van der Waals surface area contributed by atoms with Crippen LogP contribution >= 0.6 is 11.6 Å². The predicted molar refractivity (Wildman–Crippen MR) is 140 cm³/mol. The number of para-hydroxylation sites is 3. The summed E-state index contributed by atoms with van der Waals surface area (Å²) in [7, 11) is -4.12. The molecule has 0 radical (unpaired) electrons. The second kappa shape index (κ2) is 10.4. The molecule has 0 bridgehead atoms. The normalized spacial score (nSPS) is 16.4. The smallest absolute Gasteiger partial charge is 0.264 e. The van der Waals surface area contributed by atoms with Crippen LogP contribution in [0.25, 0.3) is 0 Å². The van der Waals surface area contributed by atoms with E-state index in [4.69, 9.17) is 21.1 Å². The van der Waals surface area contributed by atoms with Crippen molar-refractivity contribution in [1.82, 2.24) is 5.32 Å². The number of hydrogen-bond acceptors (Lipinski definition) is 5. The monoisotopic (exact) mass is 528 g/mol. The lowest BCUT2D eigenvalue weighted by Gasteiger charge is -2.38. The molecule has 3 aromatic carbocycles. The molecule has 1 unspecified atom stereocenters. The summed E-state index contributed by atoms with van der Waals surface area (Å²) in [5, 5.41) is 3.44. The van der Waals surface area contributed by atoms with Crippen molar-refractivity contribution in [3.63, 3.8) is 0 Å². The minimum atomic E-state index is -4.12. The quantitative estimate of drug-likeness (QED) is 0.426. The maximum atomic E-state index is 13.8. The first kappa shape index (κ1) is 25.9. The first-order chi connectivity index (χ1) is 17.1. The van der Waals surface area contributed by atoms with Gasteiger partial charge in [-0.05, 0) is 63.2 Å². The van der Waals surface area contributed by atoms with Crippen molar-refractivity contribution in [3.8, 4) is 11.5 Å². The fourth-order valence-corrected chi connectivity index (χ4v) is 5.83.